The molecule has 1 aromatic rings. The Morgan fingerprint density at radius 3 is 3.00 bits per heavy atom. The van der Waals surface area contributed by atoms with E-state index < -0.39 is 0 Å². The Labute approximate surface area is 100 Å². The number of hydrogen-bond donors (Lipinski definition) is 1. The lowest BCUT2D eigenvalue weighted by molar-refractivity contribution is 0.291. The van der Waals surface area contributed by atoms with Crippen molar-refractivity contribution in [1.82, 2.24) is 15.1 Å². The molecular weight excluding hydrogens is 222 g/mol. The minimum absolute atomic E-state index is 0.788. The first-order valence-corrected chi connectivity index (χ1v) is 6.71. The van der Waals surface area contributed by atoms with E-state index >= 15 is 0 Å². The topological polar surface area (TPSA) is 58.3 Å². The largest absolute Gasteiger partial charge is 0.345 e. The highest BCUT2D eigenvalue weighted by Crippen LogP contribution is 2.17. The number of rotatable bonds is 4. The van der Waals surface area contributed by atoms with Crippen LogP contribution in [0.25, 0.3) is 0 Å². The van der Waals surface area contributed by atoms with Gasteiger partial charge in [-0.1, -0.05) is 11.3 Å². The Hall–Kier alpha value is -0.720. The van der Waals surface area contributed by atoms with Gasteiger partial charge in [-0.15, -0.1) is 10.2 Å². The first-order chi connectivity index (χ1) is 7.90. The van der Waals surface area contributed by atoms with Crippen LogP contribution in [0.1, 0.15) is 12.8 Å². The Bertz CT molecular complexity index is 289. The van der Waals surface area contributed by atoms with E-state index in [1.54, 1.807) is 16.8 Å². The van der Waals surface area contributed by atoms with Crippen molar-refractivity contribution in [3.63, 3.8) is 0 Å². The normalized spacial score (nSPS) is 18.7. The number of anilines is 1. The van der Waals surface area contributed by atoms with Crippen LogP contribution >= 0.6 is 11.3 Å². The fraction of sp³-hybridized carbons (Fsp3) is 0.800. The Morgan fingerprint density at radius 1 is 1.31 bits per heavy atom. The molecule has 1 aromatic heterocycles. The fourth-order valence-electron chi connectivity index (χ4n) is 2.01. The predicted octanol–water partition coefficient (Wildman–Crippen LogP) is 0.399. The maximum absolute atomic E-state index is 5.54. The highest BCUT2D eigenvalue weighted by atomic mass is 32.1. The Kier molecular flexibility index (Phi) is 4.50. The average molecular weight is 241 g/mol. The molecular formula is C10H19N5S. The zero-order chi connectivity index (χ0) is 11.2. The Morgan fingerprint density at radius 2 is 2.25 bits per heavy atom. The van der Waals surface area contributed by atoms with E-state index in [2.05, 4.69) is 20.0 Å². The van der Waals surface area contributed by atoms with Crippen LogP contribution in [-0.2, 0) is 0 Å². The molecule has 6 heteroatoms. The maximum Gasteiger partial charge on any atom is 0.208 e. The van der Waals surface area contributed by atoms with Gasteiger partial charge < -0.3 is 15.5 Å². The summed E-state index contributed by atoms with van der Waals surface area (Å²) in [4.78, 5) is 4.83. The van der Waals surface area contributed by atoms with E-state index in [-0.39, 0.29) is 0 Å². The first-order valence-electron chi connectivity index (χ1n) is 5.83. The Balaban J connectivity index is 1.83. The van der Waals surface area contributed by atoms with Gasteiger partial charge in [-0.3, -0.25) is 0 Å². The van der Waals surface area contributed by atoms with Crippen molar-refractivity contribution in [1.29, 1.82) is 0 Å². The van der Waals surface area contributed by atoms with Gasteiger partial charge in [0.2, 0.25) is 5.13 Å². The molecule has 2 N–H and O–H groups in total. The number of nitrogens with two attached hydrogens (primary N) is 1. The lowest BCUT2D eigenvalue weighted by atomic mass is 10.3. The minimum atomic E-state index is 0.788. The molecule has 16 heavy (non-hydrogen) atoms. The molecule has 0 bridgehead atoms. The summed E-state index contributed by atoms with van der Waals surface area (Å²) in [5, 5.41) is 9.07. The molecule has 0 radical (unpaired) electrons. The third-order valence-corrected chi connectivity index (χ3v) is 3.64. The number of nitrogens with zero attached hydrogens (tertiary/aromatic N) is 4. The van der Waals surface area contributed by atoms with Crippen molar-refractivity contribution in [3.8, 4) is 0 Å². The highest BCUT2D eigenvalue weighted by molar-refractivity contribution is 7.13. The second-order valence-corrected chi connectivity index (χ2v) is 4.86. The van der Waals surface area contributed by atoms with Crippen LogP contribution in [-0.4, -0.2) is 54.4 Å². The van der Waals surface area contributed by atoms with E-state index in [1.807, 2.05) is 0 Å². The summed E-state index contributed by atoms with van der Waals surface area (Å²) in [6.45, 7) is 6.35. The van der Waals surface area contributed by atoms with Crippen LogP contribution in [0.4, 0.5) is 5.13 Å². The molecule has 90 valence electrons. The van der Waals surface area contributed by atoms with Crippen molar-refractivity contribution >= 4 is 16.5 Å². The molecule has 1 aliphatic heterocycles. The molecule has 0 aromatic carbocycles. The van der Waals surface area contributed by atoms with Gasteiger partial charge in [-0.05, 0) is 32.5 Å². The second kappa shape index (κ2) is 6.12. The molecule has 0 amide bonds. The van der Waals surface area contributed by atoms with Crippen LogP contribution in [0.15, 0.2) is 5.51 Å². The third-order valence-electron chi connectivity index (χ3n) is 2.89. The summed E-state index contributed by atoms with van der Waals surface area (Å²) in [5.74, 6) is 0. The van der Waals surface area contributed by atoms with Crippen LogP contribution in [0.5, 0.6) is 0 Å². The van der Waals surface area contributed by atoms with Gasteiger partial charge >= 0.3 is 0 Å². The quantitative estimate of drug-likeness (QED) is 0.827. The van der Waals surface area contributed by atoms with E-state index in [9.17, 15) is 0 Å². The lowest BCUT2D eigenvalue weighted by Crippen LogP contribution is -2.32. The van der Waals surface area contributed by atoms with Crippen LogP contribution in [0, 0.1) is 0 Å². The molecule has 2 heterocycles. The highest BCUT2D eigenvalue weighted by Gasteiger charge is 2.16. The molecule has 0 aliphatic carbocycles. The van der Waals surface area contributed by atoms with Gasteiger partial charge in [0.05, 0.1) is 0 Å². The number of hydrogen-bond acceptors (Lipinski definition) is 6. The summed E-state index contributed by atoms with van der Waals surface area (Å²) in [6, 6.07) is 0. The molecule has 1 saturated heterocycles. The molecule has 0 atom stereocenters. The molecule has 5 nitrogen and oxygen atoms in total. The SMILES string of the molecule is NCCCN1CCCN(c2nncs2)CC1. The van der Waals surface area contributed by atoms with Gasteiger partial charge in [-0.2, -0.15) is 0 Å². The molecule has 2 rings (SSSR count). The summed E-state index contributed by atoms with van der Waals surface area (Å²) in [7, 11) is 0. The average Bonchev–Trinajstić information content (AvgIpc) is 2.73. The first kappa shape index (κ1) is 11.8. The third kappa shape index (κ3) is 3.13. The lowest BCUT2D eigenvalue weighted by Gasteiger charge is -2.20. The van der Waals surface area contributed by atoms with Gasteiger partial charge in [-0.25, -0.2) is 0 Å². The zero-order valence-corrected chi connectivity index (χ0v) is 10.3. The molecule has 0 spiro atoms. The van der Waals surface area contributed by atoms with Gasteiger partial charge in [0.1, 0.15) is 5.51 Å². The van der Waals surface area contributed by atoms with Crippen molar-refractivity contribution in [2.75, 3.05) is 44.2 Å². The summed E-state index contributed by atoms with van der Waals surface area (Å²) in [5.41, 5.74) is 7.33. The zero-order valence-electron chi connectivity index (χ0n) is 9.51. The van der Waals surface area contributed by atoms with Crippen molar-refractivity contribution in [2.24, 2.45) is 5.73 Å². The summed E-state index contributed by atoms with van der Waals surface area (Å²) < 4.78 is 0. The molecule has 0 unspecified atom stereocenters. The van der Waals surface area contributed by atoms with Gasteiger partial charge in [0.25, 0.3) is 0 Å². The minimum Gasteiger partial charge on any atom is -0.345 e. The monoisotopic (exact) mass is 241 g/mol. The molecule has 1 fully saturated rings. The van der Waals surface area contributed by atoms with E-state index in [4.69, 9.17) is 5.73 Å². The van der Waals surface area contributed by atoms with E-state index in [0.29, 0.717) is 0 Å². The van der Waals surface area contributed by atoms with Gasteiger partial charge in [0.15, 0.2) is 0 Å². The van der Waals surface area contributed by atoms with E-state index in [0.717, 1.165) is 44.3 Å². The maximum atomic E-state index is 5.54. The van der Waals surface area contributed by atoms with E-state index in [1.165, 1.54) is 13.0 Å². The molecule has 1 aliphatic rings. The molecule has 0 saturated carbocycles. The van der Waals surface area contributed by atoms with Crippen LogP contribution in [0.3, 0.4) is 0 Å². The van der Waals surface area contributed by atoms with Crippen LogP contribution < -0.4 is 10.6 Å². The van der Waals surface area contributed by atoms with Crippen LogP contribution in [0.2, 0.25) is 0 Å². The van der Waals surface area contributed by atoms with Crippen molar-refractivity contribution in [3.05, 3.63) is 5.51 Å². The summed E-state index contributed by atoms with van der Waals surface area (Å²) >= 11 is 1.62. The van der Waals surface area contributed by atoms with Gasteiger partial charge in [0, 0.05) is 19.6 Å². The predicted molar refractivity (Wildman–Crippen MR) is 66.9 cm³/mol. The summed E-state index contributed by atoms with van der Waals surface area (Å²) in [6.07, 6.45) is 2.29. The number of aromatic nitrogens is 2. The standard InChI is InChI=1S/C10H19N5S/c11-3-1-4-14-5-2-6-15(8-7-14)10-13-12-9-16-10/h9H,1-8,11H2. The smallest absolute Gasteiger partial charge is 0.208 e. The van der Waals surface area contributed by atoms with Crippen molar-refractivity contribution < 1.29 is 0 Å². The van der Waals surface area contributed by atoms with Crippen molar-refractivity contribution in [2.45, 2.75) is 12.8 Å². The fourth-order valence-corrected chi connectivity index (χ4v) is 2.62. The second-order valence-electron chi connectivity index (χ2n) is 4.05.